The van der Waals surface area contributed by atoms with Crippen LogP contribution in [-0.4, -0.2) is 12.9 Å². The summed E-state index contributed by atoms with van der Waals surface area (Å²) in [5.74, 6) is 0.554. The van der Waals surface area contributed by atoms with Crippen molar-refractivity contribution in [3.8, 4) is 5.75 Å². The third kappa shape index (κ3) is 2.39. The molecule has 2 rings (SSSR count). The van der Waals surface area contributed by atoms with E-state index in [1.807, 2.05) is 32.9 Å². The highest BCUT2D eigenvalue weighted by Crippen LogP contribution is 2.28. The summed E-state index contributed by atoms with van der Waals surface area (Å²) in [7, 11) is 1.58. The fraction of sp³-hybridized carbons (Fsp3) is 0.235. The molecule has 0 fully saturated rings. The average molecular weight is 269 g/mol. The van der Waals surface area contributed by atoms with Crippen LogP contribution in [0.3, 0.4) is 0 Å². The summed E-state index contributed by atoms with van der Waals surface area (Å²) in [4.78, 5) is 12.8. The van der Waals surface area contributed by atoms with Gasteiger partial charge in [0.25, 0.3) is 0 Å². The molecule has 0 unspecified atom stereocenters. The number of hydrogen-bond donors (Lipinski definition) is 1. The lowest BCUT2D eigenvalue weighted by molar-refractivity contribution is 0.103. The number of benzene rings is 2. The molecular weight excluding hydrogens is 250 g/mol. The van der Waals surface area contributed by atoms with E-state index in [4.69, 9.17) is 10.5 Å². The van der Waals surface area contributed by atoms with E-state index in [0.717, 1.165) is 16.7 Å². The fourth-order valence-corrected chi connectivity index (χ4v) is 2.41. The zero-order chi connectivity index (χ0) is 14.9. The Morgan fingerprint density at radius 3 is 2.50 bits per heavy atom. The van der Waals surface area contributed by atoms with Gasteiger partial charge in [0.1, 0.15) is 5.75 Å². The molecule has 2 aromatic rings. The molecular formula is C17H19NO2. The Balaban J connectivity index is 2.62. The van der Waals surface area contributed by atoms with Crippen LogP contribution < -0.4 is 10.5 Å². The molecule has 20 heavy (non-hydrogen) atoms. The number of nitrogen functional groups attached to an aromatic ring is 1. The van der Waals surface area contributed by atoms with Crippen LogP contribution in [0.2, 0.25) is 0 Å². The number of aryl methyl sites for hydroxylation is 2. The normalized spacial score (nSPS) is 10.4. The summed E-state index contributed by atoms with van der Waals surface area (Å²) in [5.41, 5.74) is 10.5. The molecule has 0 bridgehead atoms. The Hall–Kier alpha value is -2.29. The molecule has 0 saturated heterocycles. The lowest BCUT2D eigenvalue weighted by Crippen LogP contribution is -2.09. The first-order chi connectivity index (χ1) is 9.45. The van der Waals surface area contributed by atoms with Crippen LogP contribution in [0.25, 0.3) is 0 Å². The number of carbonyl (C=O) groups is 1. The van der Waals surface area contributed by atoms with Crippen molar-refractivity contribution >= 4 is 11.5 Å². The van der Waals surface area contributed by atoms with E-state index in [1.54, 1.807) is 25.3 Å². The zero-order valence-electron chi connectivity index (χ0n) is 12.3. The Labute approximate surface area is 119 Å². The van der Waals surface area contributed by atoms with E-state index < -0.39 is 0 Å². The maximum Gasteiger partial charge on any atom is 0.197 e. The van der Waals surface area contributed by atoms with E-state index in [2.05, 4.69) is 0 Å². The minimum absolute atomic E-state index is 0.0517. The number of ether oxygens (including phenoxy) is 1. The van der Waals surface area contributed by atoms with Gasteiger partial charge in [0.05, 0.1) is 12.7 Å². The molecule has 104 valence electrons. The van der Waals surface area contributed by atoms with Gasteiger partial charge in [-0.15, -0.1) is 0 Å². The van der Waals surface area contributed by atoms with Crippen molar-refractivity contribution in [2.24, 2.45) is 0 Å². The molecule has 0 heterocycles. The van der Waals surface area contributed by atoms with Crippen molar-refractivity contribution < 1.29 is 9.53 Å². The summed E-state index contributed by atoms with van der Waals surface area (Å²) in [6.07, 6.45) is 0. The smallest absolute Gasteiger partial charge is 0.197 e. The van der Waals surface area contributed by atoms with Crippen LogP contribution in [0.5, 0.6) is 5.75 Å². The van der Waals surface area contributed by atoms with Gasteiger partial charge in [-0.3, -0.25) is 4.79 Å². The number of rotatable bonds is 3. The monoisotopic (exact) mass is 269 g/mol. The molecule has 0 aliphatic rings. The highest BCUT2D eigenvalue weighted by molar-refractivity contribution is 6.13. The van der Waals surface area contributed by atoms with Crippen molar-refractivity contribution in [2.75, 3.05) is 12.8 Å². The fourth-order valence-electron chi connectivity index (χ4n) is 2.41. The molecule has 0 aliphatic heterocycles. The molecule has 3 heteroatoms. The molecule has 2 N–H and O–H groups in total. The molecule has 0 amide bonds. The van der Waals surface area contributed by atoms with Gasteiger partial charge < -0.3 is 10.5 Å². The average Bonchev–Trinajstić information content (AvgIpc) is 2.40. The highest BCUT2D eigenvalue weighted by Gasteiger charge is 2.19. The van der Waals surface area contributed by atoms with Gasteiger partial charge >= 0.3 is 0 Å². The third-order valence-corrected chi connectivity index (χ3v) is 3.51. The lowest BCUT2D eigenvalue weighted by Gasteiger charge is -2.14. The minimum Gasteiger partial charge on any atom is -0.496 e. The van der Waals surface area contributed by atoms with E-state index in [-0.39, 0.29) is 5.78 Å². The standard InChI is InChI=1S/C17H19NO2/c1-10-8-11(2)16(15(9-10)20-4)17(19)13-6-5-7-14(18)12(13)3/h5-9H,18H2,1-4H3. The first-order valence-electron chi connectivity index (χ1n) is 6.50. The summed E-state index contributed by atoms with van der Waals surface area (Å²) >= 11 is 0. The second kappa shape index (κ2) is 5.37. The number of hydrogen-bond acceptors (Lipinski definition) is 3. The minimum atomic E-state index is -0.0517. The third-order valence-electron chi connectivity index (χ3n) is 3.51. The van der Waals surface area contributed by atoms with Gasteiger partial charge in [0, 0.05) is 11.3 Å². The van der Waals surface area contributed by atoms with E-state index >= 15 is 0 Å². The van der Waals surface area contributed by atoms with Crippen molar-refractivity contribution in [1.29, 1.82) is 0 Å². The van der Waals surface area contributed by atoms with Crippen LogP contribution in [-0.2, 0) is 0 Å². The van der Waals surface area contributed by atoms with Crippen LogP contribution in [0.1, 0.15) is 32.6 Å². The first kappa shape index (κ1) is 14.1. The van der Waals surface area contributed by atoms with Gasteiger partial charge in [-0.25, -0.2) is 0 Å². The highest BCUT2D eigenvalue weighted by atomic mass is 16.5. The molecule has 0 radical (unpaired) electrons. The summed E-state index contributed by atoms with van der Waals surface area (Å²) in [6, 6.07) is 9.25. The van der Waals surface area contributed by atoms with Crippen molar-refractivity contribution in [1.82, 2.24) is 0 Å². The van der Waals surface area contributed by atoms with E-state index in [9.17, 15) is 4.79 Å². The van der Waals surface area contributed by atoms with Gasteiger partial charge in [0.2, 0.25) is 0 Å². The summed E-state index contributed by atoms with van der Waals surface area (Å²) in [5, 5.41) is 0. The Bertz CT molecular complexity index is 675. The largest absolute Gasteiger partial charge is 0.496 e. The number of anilines is 1. The number of methoxy groups -OCH3 is 1. The Morgan fingerprint density at radius 1 is 1.15 bits per heavy atom. The predicted molar refractivity (Wildman–Crippen MR) is 81.5 cm³/mol. The maximum absolute atomic E-state index is 12.8. The maximum atomic E-state index is 12.8. The molecule has 0 saturated carbocycles. The summed E-state index contributed by atoms with van der Waals surface area (Å²) < 4.78 is 5.37. The van der Waals surface area contributed by atoms with Crippen LogP contribution in [0.15, 0.2) is 30.3 Å². The summed E-state index contributed by atoms with van der Waals surface area (Å²) in [6.45, 7) is 5.76. The van der Waals surface area contributed by atoms with Gasteiger partial charge in [0.15, 0.2) is 5.78 Å². The van der Waals surface area contributed by atoms with Crippen molar-refractivity contribution in [2.45, 2.75) is 20.8 Å². The predicted octanol–water partition coefficient (Wildman–Crippen LogP) is 3.43. The number of nitrogens with two attached hydrogens (primary N) is 1. The topological polar surface area (TPSA) is 52.3 Å². The van der Waals surface area contributed by atoms with E-state index in [0.29, 0.717) is 22.6 Å². The SMILES string of the molecule is COc1cc(C)cc(C)c1C(=O)c1cccc(N)c1C. The lowest BCUT2D eigenvalue weighted by atomic mass is 9.93. The van der Waals surface area contributed by atoms with Crippen LogP contribution >= 0.6 is 0 Å². The number of ketones is 1. The molecule has 2 aromatic carbocycles. The van der Waals surface area contributed by atoms with Gasteiger partial charge in [-0.2, -0.15) is 0 Å². The van der Waals surface area contributed by atoms with Crippen LogP contribution in [0.4, 0.5) is 5.69 Å². The van der Waals surface area contributed by atoms with Crippen LogP contribution in [0, 0.1) is 20.8 Å². The Kier molecular flexibility index (Phi) is 3.79. The second-order valence-electron chi connectivity index (χ2n) is 5.01. The number of carbonyl (C=O) groups excluding carboxylic acids is 1. The second-order valence-corrected chi connectivity index (χ2v) is 5.01. The molecule has 0 spiro atoms. The molecule has 0 aliphatic carbocycles. The quantitative estimate of drug-likeness (QED) is 0.686. The van der Waals surface area contributed by atoms with Gasteiger partial charge in [-0.05, 0) is 49.6 Å². The molecule has 0 atom stereocenters. The molecule has 3 nitrogen and oxygen atoms in total. The van der Waals surface area contributed by atoms with Crippen molar-refractivity contribution in [3.63, 3.8) is 0 Å². The first-order valence-corrected chi connectivity index (χ1v) is 6.50. The zero-order valence-corrected chi connectivity index (χ0v) is 12.3. The molecule has 0 aromatic heterocycles. The Morgan fingerprint density at radius 2 is 1.85 bits per heavy atom. The van der Waals surface area contributed by atoms with Gasteiger partial charge in [-0.1, -0.05) is 18.2 Å². The van der Waals surface area contributed by atoms with Crippen molar-refractivity contribution in [3.05, 3.63) is 58.1 Å². The van der Waals surface area contributed by atoms with E-state index in [1.165, 1.54) is 0 Å².